The monoisotopic (exact) mass is 252 g/mol. The van der Waals surface area contributed by atoms with E-state index in [1.807, 2.05) is 12.1 Å². The summed E-state index contributed by atoms with van der Waals surface area (Å²) in [6, 6.07) is 5.48. The molecule has 0 N–H and O–H groups in total. The second-order valence-electron chi connectivity index (χ2n) is 2.84. The van der Waals surface area contributed by atoms with Gasteiger partial charge in [-0.1, -0.05) is 29.3 Å². The van der Waals surface area contributed by atoms with Gasteiger partial charge in [-0.05, 0) is 24.1 Å². The zero-order chi connectivity index (χ0) is 10.4. The molecular weight excluding hydrogens is 242 g/mol. The summed E-state index contributed by atoms with van der Waals surface area (Å²) in [5, 5.41) is 1.13. The van der Waals surface area contributed by atoms with Crippen LogP contribution in [0.5, 0.6) is 0 Å². The molecule has 0 aliphatic carbocycles. The second-order valence-corrected chi connectivity index (χ2v) is 4.04. The molecule has 1 nitrogen and oxygen atoms in total. The van der Waals surface area contributed by atoms with Crippen LogP contribution in [-0.4, -0.2) is 12.5 Å². The number of hydrogen-bond acceptors (Lipinski definition) is 1. The van der Waals surface area contributed by atoms with Gasteiger partial charge in [0.05, 0.1) is 16.7 Å². The minimum atomic E-state index is 0.549. The number of alkyl halides is 1. The highest BCUT2D eigenvalue weighted by Gasteiger charge is 1.99. The quantitative estimate of drug-likeness (QED) is 0.566. The van der Waals surface area contributed by atoms with E-state index in [4.69, 9.17) is 39.5 Å². The third-order valence-corrected chi connectivity index (χ3v) is 2.68. The van der Waals surface area contributed by atoms with Crippen LogP contribution >= 0.6 is 34.8 Å². The topological polar surface area (TPSA) is 9.23 Å². The summed E-state index contributed by atoms with van der Waals surface area (Å²) < 4.78 is 5.37. The summed E-state index contributed by atoms with van der Waals surface area (Å²) in [4.78, 5) is 0. The number of ether oxygens (including phenoxy) is 1. The standard InChI is InChI=1S/C10H11Cl3O/c11-4-1-5-14-7-8-2-3-9(12)10(13)6-8/h2-3,6H,1,4-5,7H2. The minimum absolute atomic E-state index is 0.549. The van der Waals surface area contributed by atoms with Crippen molar-refractivity contribution in [1.82, 2.24) is 0 Å². The molecule has 14 heavy (non-hydrogen) atoms. The fourth-order valence-corrected chi connectivity index (χ4v) is 1.41. The van der Waals surface area contributed by atoms with Crippen LogP contribution in [0.4, 0.5) is 0 Å². The zero-order valence-corrected chi connectivity index (χ0v) is 9.87. The maximum atomic E-state index is 5.85. The third kappa shape index (κ3) is 4.05. The molecule has 0 amide bonds. The summed E-state index contributed by atoms with van der Waals surface area (Å²) in [7, 11) is 0. The van der Waals surface area contributed by atoms with E-state index in [2.05, 4.69) is 0 Å². The molecule has 0 aliphatic heterocycles. The first kappa shape index (κ1) is 12.1. The van der Waals surface area contributed by atoms with Crippen molar-refractivity contribution in [3.8, 4) is 0 Å². The molecule has 78 valence electrons. The first-order valence-corrected chi connectivity index (χ1v) is 5.60. The van der Waals surface area contributed by atoms with Gasteiger partial charge in [-0.2, -0.15) is 0 Å². The highest BCUT2D eigenvalue weighted by Crippen LogP contribution is 2.22. The van der Waals surface area contributed by atoms with Crippen molar-refractivity contribution in [2.24, 2.45) is 0 Å². The Balaban J connectivity index is 2.39. The molecule has 0 aliphatic rings. The highest BCUT2D eigenvalue weighted by atomic mass is 35.5. The smallest absolute Gasteiger partial charge is 0.0717 e. The normalized spacial score (nSPS) is 10.5. The molecule has 0 bridgehead atoms. The lowest BCUT2D eigenvalue weighted by atomic mass is 10.2. The molecule has 0 aromatic heterocycles. The van der Waals surface area contributed by atoms with Crippen LogP contribution in [0, 0.1) is 0 Å². The fourth-order valence-electron chi connectivity index (χ4n) is 0.976. The highest BCUT2D eigenvalue weighted by molar-refractivity contribution is 6.42. The van der Waals surface area contributed by atoms with E-state index < -0.39 is 0 Å². The van der Waals surface area contributed by atoms with Gasteiger partial charge >= 0.3 is 0 Å². The van der Waals surface area contributed by atoms with Crippen LogP contribution in [0.2, 0.25) is 10.0 Å². The van der Waals surface area contributed by atoms with Gasteiger partial charge in [0.25, 0.3) is 0 Å². The number of benzene rings is 1. The average Bonchev–Trinajstić information content (AvgIpc) is 2.18. The lowest BCUT2D eigenvalue weighted by molar-refractivity contribution is 0.122. The number of halogens is 3. The van der Waals surface area contributed by atoms with Crippen molar-refractivity contribution in [2.75, 3.05) is 12.5 Å². The maximum Gasteiger partial charge on any atom is 0.0717 e. The van der Waals surface area contributed by atoms with E-state index >= 15 is 0 Å². The van der Waals surface area contributed by atoms with Crippen LogP contribution < -0.4 is 0 Å². The molecule has 1 rings (SSSR count). The van der Waals surface area contributed by atoms with Gasteiger partial charge in [-0.25, -0.2) is 0 Å². The first-order chi connectivity index (χ1) is 6.74. The molecule has 0 fully saturated rings. The van der Waals surface area contributed by atoms with Crippen LogP contribution in [0.1, 0.15) is 12.0 Å². The lowest BCUT2D eigenvalue weighted by Gasteiger charge is -2.04. The Labute approximate surface area is 98.9 Å². The van der Waals surface area contributed by atoms with Gasteiger partial charge < -0.3 is 4.74 Å². The molecule has 0 saturated carbocycles. The van der Waals surface area contributed by atoms with Crippen molar-refractivity contribution < 1.29 is 4.74 Å². The molecule has 0 heterocycles. The minimum Gasteiger partial charge on any atom is -0.377 e. The van der Waals surface area contributed by atoms with E-state index in [0.29, 0.717) is 29.1 Å². The Bertz CT molecular complexity index is 289. The van der Waals surface area contributed by atoms with Crippen molar-refractivity contribution >= 4 is 34.8 Å². The van der Waals surface area contributed by atoms with Crippen molar-refractivity contribution in [2.45, 2.75) is 13.0 Å². The summed E-state index contributed by atoms with van der Waals surface area (Å²) in [5.41, 5.74) is 1.02. The van der Waals surface area contributed by atoms with E-state index in [9.17, 15) is 0 Å². The summed E-state index contributed by atoms with van der Waals surface area (Å²) in [6.45, 7) is 1.22. The summed E-state index contributed by atoms with van der Waals surface area (Å²) in [6.07, 6.45) is 0.864. The molecule has 1 aromatic rings. The van der Waals surface area contributed by atoms with E-state index in [0.717, 1.165) is 12.0 Å². The van der Waals surface area contributed by atoms with Crippen LogP contribution in [0.25, 0.3) is 0 Å². The van der Waals surface area contributed by atoms with Gasteiger partial charge in [0, 0.05) is 12.5 Å². The molecule has 0 spiro atoms. The SMILES string of the molecule is ClCCCOCc1ccc(Cl)c(Cl)c1. The van der Waals surface area contributed by atoms with E-state index in [1.165, 1.54) is 0 Å². The number of rotatable bonds is 5. The van der Waals surface area contributed by atoms with Gasteiger partial charge in [-0.15, -0.1) is 11.6 Å². The Hall–Kier alpha value is 0.0500. The van der Waals surface area contributed by atoms with Crippen LogP contribution in [0.3, 0.4) is 0 Å². The Morgan fingerprint density at radius 3 is 2.57 bits per heavy atom. The fraction of sp³-hybridized carbons (Fsp3) is 0.400. The maximum absolute atomic E-state index is 5.85. The predicted molar refractivity (Wildman–Crippen MR) is 61.5 cm³/mol. The molecule has 0 atom stereocenters. The number of hydrogen-bond donors (Lipinski definition) is 0. The van der Waals surface area contributed by atoms with Gasteiger partial charge in [0.15, 0.2) is 0 Å². The zero-order valence-electron chi connectivity index (χ0n) is 7.60. The lowest BCUT2D eigenvalue weighted by Crippen LogP contribution is -1.95. The van der Waals surface area contributed by atoms with Crippen LogP contribution in [-0.2, 0) is 11.3 Å². The Morgan fingerprint density at radius 2 is 1.93 bits per heavy atom. The van der Waals surface area contributed by atoms with Crippen molar-refractivity contribution in [3.05, 3.63) is 33.8 Å². The average molecular weight is 254 g/mol. The second kappa shape index (κ2) is 6.52. The van der Waals surface area contributed by atoms with Crippen molar-refractivity contribution in [3.63, 3.8) is 0 Å². The molecule has 0 unspecified atom stereocenters. The Morgan fingerprint density at radius 1 is 1.14 bits per heavy atom. The third-order valence-electron chi connectivity index (χ3n) is 1.68. The molecular formula is C10H11Cl3O. The molecule has 1 aromatic carbocycles. The molecule has 4 heteroatoms. The first-order valence-electron chi connectivity index (χ1n) is 4.31. The summed E-state index contributed by atoms with van der Waals surface area (Å²) >= 11 is 17.1. The van der Waals surface area contributed by atoms with Crippen molar-refractivity contribution in [1.29, 1.82) is 0 Å². The van der Waals surface area contributed by atoms with E-state index in [1.54, 1.807) is 6.07 Å². The van der Waals surface area contributed by atoms with Gasteiger partial charge in [0.1, 0.15) is 0 Å². The van der Waals surface area contributed by atoms with Crippen LogP contribution in [0.15, 0.2) is 18.2 Å². The van der Waals surface area contributed by atoms with Gasteiger partial charge in [-0.3, -0.25) is 0 Å². The molecule has 0 radical (unpaired) electrons. The Kier molecular flexibility index (Phi) is 5.64. The van der Waals surface area contributed by atoms with E-state index in [-0.39, 0.29) is 0 Å². The largest absolute Gasteiger partial charge is 0.377 e. The summed E-state index contributed by atoms with van der Waals surface area (Å²) in [5.74, 6) is 0.626. The predicted octanol–water partition coefficient (Wildman–Crippen LogP) is 4.14. The van der Waals surface area contributed by atoms with Gasteiger partial charge in [0.2, 0.25) is 0 Å². The molecule has 0 saturated heterocycles.